The fraction of sp³-hybridized carbons (Fsp3) is 0.588. The predicted molar refractivity (Wildman–Crippen MR) is 84.9 cm³/mol. The molecule has 1 saturated carbocycles. The van der Waals surface area contributed by atoms with Gasteiger partial charge in [0.15, 0.2) is 0 Å². The number of carbonyl (C=O) groups excluding carboxylic acids is 1. The molecular formula is C17H22BrNO. The van der Waals surface area contributed by atoms with Crippen LogP contribution in [0.2, 0.25) is 0 Å². The summed E-state index contributed by atoms with van der Waals surface area (Å²) in [6.45, 7) is 0. The fourth-order valence-electron chi connectivity index (χ4n) is 3.60. The summed E-state index contributed by atoms with van der Waals surface area (Å²) < 4.78 is 0. The van der Waals surface area contributed by atoms with E-state index in [1.54, 1.807) is 0 Å². The lowest BCUT2D eigenvalue weighted by atomic mass is 9.87. The van der Waals surface area contributed by atoms with Crippen molar-refractivity contribution in [3.05, 3.63) is 35.4 Å². The molecule has 3 heteroatoms. The first kappa shape index (κ1) is 14.1. The first-order chi connectivity index (χ1) is 9.74. The van der Waals surface area contributed by atoms with Gasteiger partial charge in [-0.05, 0) is 36.3 Å². The molecule has 0 bridgehead atoms. The van der Waals surface area contributed by atoms with Crippen LogP contribution in [0.5, 0.6) is 0 Å². The lowest BCUT2D eigenvalue weighted by Crippen LogP contribution is -2.33. The van der Waals surface area contributed by atoms with Gasteiger partial charge in [-0.1, -0.05) is 59.5 Å². The molecule has 2 nitrogen and oxygen atoms in total. The van der Waals surface area contributed by atoms with Crippen LogP contribution in [-0.2, 0) is 11.2 Å². The third-order valence-corrected chi connectivity index (χ3v) is 5.53. The van der Waals surface area contributed by atoms with Crippen molar-refractivity contribution in [1.29, 1.82) is 0 Å². The molecule has 0 saturated heterocycles. The molecule has 108 valence electrons. The van der Waals surface area contributed by atoms with E-state index in [0.29, 0.717) is 17.2 Å². The van der Waals surface area contributed by atoms with Crippen LogP contribution in [0.15, 0.2) is 24.3 Å². The maximum absolute atomic E-state index is 12.3. The second kappa shape index (κ2) is 6.30. The highest BCUT2D eigenvalue weighted by Gasteiger charge is 2.31. The van der Waals surface area contributed by atoms with Crippen LogP contribution in [0.1, 0.15) is 55.7 Å². The second-order valence-corrected chi connectivity index (χ2v) is 7.35. The highest BCUT2D eigenvalue weighted by molar-refractivity contribution is 9.09. The number of amides is 1. The van der Waals surface area contributed by atoms with E-state index in [4.69, 9.17) is 0 Å². The topological polar surface area (TPSA) is 29.1 Å². The van der Waals surface area contributed by atoms with Crippen molar-refractivity contribution in [2.24, 2.45) is 5.92 Å². The minimum absolute atomic E-state index is 0.141. The Balaban J connectivity index is 1.61. The number of halogens is 1. The number of benzene rings is 1. The second-order valence-electron chi connectivity index (χ2n) is 6.17. The molecule has 3 rings (SSSR count). The maximum atomic E-state index is 12.3. The Morgan fingerprint density at radius 2 is 1.95 bits per heavy atom. The molecule has 2 aliphatic rings. The molecule has 2 atom stereocenters. The molecule has 2 unspecified atom stereocenters. The maximum Gasteiger partial charge on any atom is 0.220 e. The Kier molecular flexibility index (Phi) is 4.45. The van der Waals surface area contributed by atoms with Gasteiger partial charge in [0.25, 0.3) is 0 Å². The predicted octanol–water partition coefficient (Wildman–Crippen LogP) is 4.13. The first-order valence-electron chi connectivity index (χ1n) is 7.75. The molecule has 0 spiro atoms. The molecule has 1 N–H and O–H groups in total. The molecular weight excluding hydrogens is 314 g/mol. The Labute approximate surface area is 129 Å². The normalized spacial score (nSPS) is 26.2. The third kappa shape index (κ3) is 3.08. The van der Waals surface area contributed by atoms with Gasteiger partial charge in [-0.15, -0.1) is 0 Å². The summed E-state index contributed by atoms with van der Waals surface area (Å²) in [4.78, 5) is 12.6. The fourth-order valence-corrected chi connectivity index (χ4v) is 4.37. The molecule has 20 heavy (non-hydrogen) atoms. The zero-order valence-corrected chi connectivity index (χ0v) is 13.4. The molecule has 1 aromatic carbocycles. The molecule has 1 amide bonds. The van der Waals surface area contributed by atoms with Gasteiger partial charge in [0.05, 0.1) is 6.04 Å². The van der Waals surface area contributed by atoms with E-state index in [1.165, 1.54) is 43.2 Å². The van der Waals surface area contributed by atoms with Crippen LogP contribution in [0.25, 0.3) is 0 Å². The highest BCUT2D eigenvalue weighted by atomic mass is 79.9. The molecule has 0 radical (unpaired) electrons. The molecule has 1 aromatic rings. The highest BCUT2D eigenvalue weighted by Crippen LogP contribution is 2.36. The average molecular weight is 336 g/mol. The summed E-state index contributed by atoms with van der Waals surface area (Å²) in [6.07, 6.45) is 8.11. The van der Waals surface area contributed by atoms with Crippen LogP contribution in [0.4, 0.5) is 0 Å². The van der Waals surface area contributed by atoms with Crippen molar-refractivity contribution < 1.29 is 4.79 Å². The lowest BCUT2D eigenvalue weighted by Gasteiger charge is -2.23. The van der Waals surface area contributed by atoms with Gasteiger partial charge in [-0.3, -0.25) is 4.79 Å². The van der Waals surface area contributed by atoms with Crippen molar-refractivity contribution >= 4 is 21.8 Å². The van der Waals surface area contributed by atoms with E-state index in [9.17, 15) is 4.79 Å². The monoisotopic (exact) mass is 335 g/mol. The van der Waals surface area contributed by atoms with E-state index in [1.807, 2.05) is 0 Å². The van der Waals surface area contributed by atoms with E-state index in [0.717, 1.165) is 6.42 Å². The van der Waals surface area contributed by atoms with Gasteiger partial charge in [0.2, 0.25) is 5.91 Å². The van der Waals surface area contributed by atoms with E-state index >= 15 is 0 Å². The number of rotatable bonds is 3. The Bertz CT molecular complexity index is 482. The molecule has 2 aliphatic carbocycles. The zero-order valence-electron chi connectivity index (χ0n) is 11.8. The van der Waals surface area contributed by atoms with Crippen molar-refractivity contribution in [3.8, 4) is 0 Å². The number of carbonyl (C=O) groups is 1. The number of hydrogen-bond donors (Lipinski definition) is 1. The van der Waals surface area contributed by atoms with Crippen molar-refractivity contribution in [1.82, 2.24) is 5.32 Å². The standard InChI is InChI=1S/C17H22BrNO/c18-15-11-13-8-4-5-9-14(13)17(15)19-16(20)10-12-6-2-1-3-7-12/h4-5,8-9,12,15,17H,1-3,6-7,10-11H2,(H,19,20). The Morgan fingerprint density at radius 3 is 2.75 bits per heavy atom. The van der Waals surface area contributed by atoms with Gasteiger partial charge in [0, 0.05) is 11.2 Å². The van der Waals surface area contributed by atoms with Crippen molar-refractivity contribution in [2.75, 3.05) is 0 Å². The molecule has 0 heterocycles. The molecule has 0 aliphatic heterocycles. The smallest absolute Gasteiger partial charge is 0.220 e. The van der Waals surface area contributed by atoms with E-state index < -0.39 is 0 Å². The summed E-state index contributed by atoms with van der Waals surface area (Å²) >= 11 is 3.72. The summed E-state index contributed by atoms with van der Waals surface area (Å²) in [5.74, 6) is 0.831. The van der Waals surface area contributed by atoms with Gasteiger partial charge in [0.1, 0.15) is 0 Å². The SMILES string of the molecule is O=C(CC1CCCCC1)NC1c2ccccc2CC1Br. The van der Waals surface area contributed by atoms with Crippen molar-refractivity contribution in [3.63, 3.8) is 0 Å². The summed E-state index contributed by atoms with van der Waals surface area (Å²) in [5.41, 5.74) is 2.64. The number of hydrogen-bond acceptors (Lipinski definition) is 1. The number of alkyl halides is 1. The molecule has 1 fully saturated rings. The third-order valence-electron chi connectivity index (χ3n) is 4.68. The molecule has 0 aromatic heterocycles. The quantitative estimate of drug-likeness (QED) is 0.826. The first-order valence-corrected chi connectivity index (χ1v) is 8.67. The van der Waals surface area contributed by atoms with Crippen LogP contribution in [0, 0.1) is 5.92 Å². The summed E-state index contributed by atoms with van der Waals surface area (Å²) in [6, 6.07) is 8.58. The summed E-state index contributed by atoms with van der Waals surface area (Å²) in [5, 5.41) is 3.25. The van der Waals surface area contributed by atoms with E-state index in [2.05, 4.69) is 45.5 Å². The van der Waals surface area contributed by atoms with Crippen LogP contribution in [0.3, 0.4) is 0 Å². The minimum atomic E-state index is 0.141. The van der Waals surface area contributed by atoms with Gasteiger partial charge >= 0.3 is 0 Å². The van der Waals surface area contributed by atoms with Crippen LogP contribution < -0.4 is 5.32 Å². The van der Waals surface area contributed by atoms with Crippen LogP contribution >= 0.6 is 15.9 Å². The minimum Gasteiger partial charge on any atom is -0.348 e. The van der Waals surface area contributed by atoms with E-state index in [-0.39, 0.29) is 11.9 Å². The Morgan fingerprint density at radius 1 is 1.20 bits per heavy atom. The zero-order chi connectivity index (χ0) is 13.9. The van der Waals surface area contributed by atoms with Gasteiger partial charge in [-0.2, -0.15) is 0 Å². The lowest BCUT2D eigenvalue weighted by molar-refractivity contribution is -0.122. The largest absolute Gasteiger partial charge is 0.348 e. The average Bonchev–Trinajstić information content (AvgIpc) is 2.76. The van der Waals surface area contributed by atoms with Crippen molar-refractivity contribution in [2.45, 2.75) is 55.8 Å². The number of nitrogens with one attached hydrogen (secondary N) is 1. The van der Waals surface area contributed by atoms with Gasteiger partial charge in [-0.25, -0.2) is 0 Å². The Hall–Kier alpha value is -0.830. The summed E-state index contributed by atoms with van der Waals surface area (Å²) in [7, 11) is 0. The van der Waals surface area contributed by atoms with Crippen LogP contribution in [-0.4, -0.2) is 10.7 Å². The number of fused-ring (bicyclic) bond motifs is 1. The van der Waals surface area contributed by atoms with Gasteiger partial charge < -0.3 is 5.32 Å².